The summed E-state index contributed by atoms with van der Waals surface area (Å²) in [6, 6.07) is 0.914. The summed E-state index contributed by atoms with van der Waals surface area (Å²) < 4.78 is 0. The van der Waals surface area contributed by atoms with Gasteiger partial charge in [-0.25, -0.2) is 0 Å². The smallest absolute Gasteiger partial charge is 0.0365 e. The lowest BCUT2D eigenvalue weighted by atomic mass is 9.88. The van der Waals surface area contributed by atoms with Crippen molar-refractivity contribution < 1.29 is 0 Å². The summed E-state index contributed by atoms with van der Waals surface area (Å²) in [6.07, 6.45) is 10.1. The predicted molar refractivity (Wildman–Crippen MR) is 71.3 cm³/mol. The van der Waals surface area contributed by atoms with E-state index in [9.17, 15) is 0 Å². The van der Waals surface area contributed by atoms with Gasteiger partial charge in [-0.05, 0) is 38.0 Å². The third-order valence-corrected chi connectivity index (χ3v) is 4.34. The van der Waals surface area contributed by atoms with E-state index >= 15 is 0 Å². The van der Waals surface area contributed by atoms with E-state index in [0.717, 1.165) is 31.7 Å². The van der Waals surface area contributed by atoms with Gasteiger partial charge in [-0.15, -0.1) is 0 Å². The van der Waals surface area contributed by atoms with Crippen molar-refractivity contribution in [3.05, 3.63) is 0 Å². The lowest BCUT2D eigenvalue weighted by Crippen LogP contribution is -2.56. The molecule has 0 heterocycles. The molecule has 3 atom stereocenters. The maximum Gasteiger partial charge on any atom is 0.0365 e. The van der Waals surface area contributed by atoms with Crippen LogP contribution >= 0.6 is 0 Å². The molecule has 2 fully saturated rings. The molecule has 0 spiro atoms. The largest absolute Gasteiger partial charge is 0.328 e. The first-order chi connectivity index (χ1) is 8.25. The van der Waals surface area contributed by atoms with Crippen molar-refractivity contribution in [2.24, 2.45) is 17.4 Å². The molecule has 2 aliphatic rings. The molecule has 0 radical (unpaired) electrons. The molecule has 6 N–H and O–H groups in total. The minimum absolute atomic E-state index is 0.206. The molecule has 4 heteroatoms. The van der Waals surface area contributed by atoms with E-state index in [2.05, 4.69) is 10.9 Å². The fourth-order valence-corrected chi connectivity index (χ4v) is 3.14. The Morgan fingerprint density at radius 2 is 1.71 bits per heavy atom. The second-order valence-electron chi connectivity index (χ2n) is 5.87. The summed E-state index contributed by atoms with van der Waals surface area (Å²) in [7, 11) is 0. The van der Waals surface area contributed by atoms with Gasteiger partial charge in [0.1, 0.15) is 0 Å². The zero-order valence-corrected chi connectivity index (χ0v) is 10.8. The highest BCUT2D eigenvalue weighted by molar-refractivity contribution is 4.88. The summed E-state index contributed by atoms with van der Waals surface area (Å²) in [5.41, 5.74) is 18.8. The van der Waals surface area contributed by atoms with Crippen LogP contribution in [0.25, 0.3) is 0 Å². The highest BCUT2D eigenvalue weighted by Gasteiger charge is 2.25. The minimum Gasteiger partial charge on any atom is -0.328 e. The van der Waals surface area contributed by atoms with Crippen molar-refractivity contribution in [2.75, 3.05) is 6.54 Å². The molecular weight excluding hydrogens is 212 g/mol. The third-order valence-electron chi connectivity index (χ3n) is 4.34. The van der Waals surface area contributed by atoms with Gasteiger partial charge in [0.2, 0.25) is 0 Å². The highest BCUT2D eigenvalue weighted by atomic mass is 15.4. The lowest BCUT2D eigenvalue weighted by Gasteiger charge is -2.33. The van der Waals surface area contributed by atoms with Crippen LogP contribution in [-0.2, 0) is 0 Å². The van der Waals surface area contributed by atoms with Crippen LogP contribution in [0.5, 0.6) is 0 Å². The number of hydrazine groups is 1. The van der Waals surface area contributed by atoms with Gasteiger partial charge in [-0.2, -0.15) is 0 Å². The van der Waals surface area contributed by atoms with Crippen LogP contribution in [0.3, 0.4) is 0 Å². The van der Waals surface area contributed by atoms with Crippen LogP contribution in [0, 0.1) is 5.92 Å². The molecule has 3 unspecified atom stereocenters. The topological polar surface area (TPSA) is 76.1 Å². The Labute approximate surface area is 105 Å². The molecule has 2 saturated carbocycles. The number of hydrogen-bond acceptors (Lipinski definition) is 4. The first-order valence-corrected chi connectivity index (χ1v) is 7.25. The first kappa shape index (κ1) is 13.3. The maximum atomic E-state index is 6.11. The van der Waals surface area contributed by atoms with Gasteiger partial charge in [0, 0.05) is 24.7 Å². The normalized spacial score (nSPS) is 36.0. The van der Waals surface area contributed by atoms with Crippen LogP contribution in [0.2, 0.25) is 0 Å². The standard InChI is InChI=1S/C13H28N4/c14-11-6-7-13(12(15)8-11)17-16-9-10-4-2-1-3-5-10/h10-13,16-17H,1-9,14-15H2. The lowest BCUT2D eigenvalue weighted by molar-refractivity contribution is 0.254. The van der Waals surface area contributed by atoms with E-state index in [0.29, 0.717) is 12.1 Å². The number of nitrogens with two attached hydrogens (primary N) is 2. The van der Waals surface area contributed by atoms with E-state index in [1.807, 2.05) is 0 Å². The van der Waals surface area contributed by atoms with Crippen molar-refractivity contribution >= 4 is 0 Å². The van der Waals surface area contributed by atoms with Crippen molar-refractivity contribution in [2.45, 2.75) is 69.5 Å². The van der Waals surface area contributed by atoms with Gasteiger partial charge in [-0.1, -0.05) is 19.3 Å². The van der Waals surface area contributed by atoms with E-state index < -0.39 is 0 Å². The molecule has 0 saturated heterocycles. The van der Waals surface area contributed by atoms with Crippen LogP contribution in [0.15, 0.2) is 0 Å². The average Bonchev–Trinajstić information content (AvgIpc) is 2.33. The molecule has 0 aromatic rings. The van der Waals surface area contributed by atoms with Gasteiger partial charge < -0.3 is 11.5 Å². The van der Waals surface area contributed by atoms with Crippen molar-refractivity contribution in [3.63, 3.8) is 0 Å². The molecule has 17 heavy (non-hydrogen) atoms. The van der Waals surface area contributed by atoms with Gasteiger partial charge in [0.05, 0.1) is 0 Å². The molecule has 100 valence electrons. The molecular formula is C13H28N4. The number of rotatable bonds is 4. The minimum atomic E-state index is 0.206. The molecule has 0 aliphatic heterocycles. The Bertz CT molecular complexity index is 215. The van der Waals surface area contributed by atoms with Crippen LogP contribution in [0.4, 0.5) is 0 Å². The second kappa shape index (κ2) is 6.69. The monoisotopic (exact) mass is 240 g/mol. The summed E-state index contributed by atoms with van der Waals surface area (Å²) in [6.45, 7) is 1.09. The highest BCUT2D eigenvalue weighted by Crippen LogP contribution is 2.22. The molecule has 0 aromatic heterocycles. The van der Waals surface area contributed by atoms with E-state index in [4.69, 9.17) is 11.5 Å². The van der Waals surface area contributed by atoms with Crippen molar-refractivity contribution in [1.82, 2.24) is 10.9 Å². The summed E-state index contributed by atoms with van der Waals surface area (Å²) in [5.74, 6) is 0.860. The number of nitrogens with one attached hydrogen (secondary N) is 2. The van der Waals surface area contributed by atoms with Gasteiger partial charge >= 0.3 is 0 Å². The van der Waals surface area contributed by atoms with Crippen molar-refractivity contribution in [1.29, 1.82) is 0 Å². The Morgan fingerprint density at radius 1 is 0.941 bits per heavy atom. The van der Waals surface area contributed by atoms with Crippen molar-refractivity contribution in [3.8, 4) is 0 Å². The van der Waals surface area contributed by atoms with Gasteiger partial charge in [0.25, 0.3) is 0 Å². The first-order valence-electron chi connectivity index (χ1n) is 7.25. The third kappa shape index (κ3) is 4.21. The molecule has 4 nitrogen and oxygen atoms in total. The Kier molecular flexibility index (Phi) is 5.22. The fourth-order valence-electron chi connectivity index (χ4n) is 3.14. The van der Waals surface area contributed by atoms with Crippen LogP contribution in [0.1, 0.15) is 51.4 Å². The van der Waals surface area contributed by atoms with Crippen LogP contribution < -0.4 is 22.3 Å². The zero-order chi connectivity index (χ0) is 12.1. The van der Waals surface area contributed by atoms with Crippen LogP contribution in [-0.4, -0.2) is 24.7 Å². The molecule has 0 amide bonds. The summed E-state index contributed by atoms with van der Waals surface area (Å²) >= 11 is 0. The van der Waals surface area contributed by atoms with Gasteiger partial charge in [0.15, 0.2) is 0 Å². The predicted octanol–water partition coefficient (Wildman–Crippen LogP) is 0.868. The van der Waals surface area contributed by atoms with E-state index in [-0.39, 0.29) is 6.04 Å². The molecule has 0 aromatic carbocycles. The zero-order valence-electron chi connectivity index (χ0n) is 10.8. The van der Waals surface area contributed by atoms with Gasteiger partial charge in [-0.3, -0.25) is 10.9 Å². The molecule has 2 rings (SSSR count). The number of hydrogen-bond donors (Lipinski definition) is 4. The fraction of sp³-hybridized carbons (Fsp3) is 1.00. The average molecular weight is 240 g/mol. The van der Waals surface area contributed by atoms with E-state index in [1.165, 1.54) is 32.1 Å². The maximum absolute atomic E-state index is 6.11. The molecule has 0 bridgehead atoms. The summed E-state index contributed by atoms with van der Waals surface area (Å²) in [5, 5.41) is 0. The SMILES string of the molecule is NC1CCC(NNCC2CCCCC2)C(N)C1. The Hall–Kier alpha value is -0.160. The Balaban J connectivity index is 1.61. The molecule has 2 aliphatic carbocycles. The Morgan fingerprint density at radius 3 is 2.41 bits per heavy atom. The quantitative estimate of drug-likeness (QED) is 0.550. The second-order valence-corrected chi connectivity index (χ2v) is 5.87. The summed E-state index contributed by atoms with van der Waals surface area (Å²) in [4.78, 5) is 0. The van der Waals surface area contributed by atoms with E-state index in [1.54, 1.807) is 0 Å².